The molecule has 2 aromatic carbocycles. The zero-order valence-corrected chi connectivity index (χ0v) is 17.6. The van der Waals surface area contributed by atoms with Crippen LogP contribution in [0.3, 0.4) is 0 Å². The Hall–Kier alpha value is -2.61. The summed E-state index contributed by atoms with van der Waals surface area (Å²) in [7, 11) is 1.98. The van der Waals surface area contributed by atoms with Crippen molar-refractivity contribution in [2.45, 2.75) is 13.8 Å². The molecule has 0 aliphatic rings. The molecule has 0 atom stereocenters. The average Bonchev–Trinajstić information content (AvgIpc) is 3.13. The molecule has 0 spiro atoms. The van der Waals surface area contributed by atoms with Gasteiger partial charge >= 0.3 is 0 Å². The van der Waals surface area contributed by atoms with Crippen molar-refractivity contribution < 1.29 is 0 Å². The van der Waals surface area contributed by atoms with E-state index < -0.39 is 0 Å². The Labute approximate surface area is 171 Å². The topological polar surface area (TPSA) is 47.1 Å². The summed E-state index contributed by atoms with van der Waals surface area (Å²) in [6, 6.07) is 18.7. The first-order valence-corrected chi connectivity index (χ1v) is 9.78. The highest BCUT2D eigenvalue weighted by molar-refractivity contribution is 14.1. The van der Waals surface area contributed by atoms with Gasteiger partial charge in [0, 0.05) is 33.3 Å². The van der Waals surface area contributed by atoms with E-state index in [1.807, 2.05) is 42.1 Å². The van der Waals surface area contributed by atoms with Crippen LogP contribution in [0.15, 0.2) is 59.7 Å². The second kappa shape index (κ2) is 7.19. The van der Waals surface area contributed by atoms with Crippen LogP contribution in [0.4, 0.5) is 5.95 Å². The van der Waals surface area contributed by atoms with Crippen LogP contribution in [-0.2, 0) is 7.05 Å². The van der Waals surface area contributed by atoms with Crippen molar-refractivity contribution in [3.63, 3.8) is 0 Å². The maximum Gasteiger partial charge on any atom is 0.224 e. The third kappa shape index (κ3) is 3.37. The molecule has 1 N–H and O–H groups in total. The van der Waals surface area contributed by atoms with Crippen molar-refractivity contribution in [3.05, 3.63) is 75.1 Å². The number of anilines is 1. The Morgan fingerprint density at radius 1 is 1.07 bits per heavy atom. The van der Waals surface area contributed by atoms with E-state index >= 15 is 0 Å². The number of halogens is 1. The van der Waals surface area contributed by atoms with Gasteiger partial charge in [-0.05, 0) is 78.9 Å². The molecule has 0 radical (unpaired) electrons. The lowest BCUT2D eigenvalue weighted by atomic mass is 10.2. The van der Waals surface area contributed by atoms with Crippen LogP contribution in [0.5, 0.6) is 0 Å². The first kappa shape index (κ1) is 17.8. The molecule has 0 saturated carbocycles. The number of para-hydroxylation sites is 2. The molecule has 0 aliphatic heterocycles. The summed E-state index contributed by atoms with van der Waals surface area (Å²) in [6.07, 6.45) is 1.85. The highest BCUT2D eigenvalue weighted by Crippen LogP contribution is 2.21. The van der Waals surface area contributed by atoms with Crippen molar-refractivity contribution >= 4 is 45.8 Å². The quantitative estimate of drug-likeness (QED) is 0.259. The van der Waals surface area contributed by atoms with E-state index in [1.165, 1.54) is 9.26 Å². The number of nitrogens with zero attached hydrogens (tertiary/aromatic N) is 4. The molecule has 5 nitrogen and oxygen atoms in total. The SMILES string of the molecule is Cc1cc(/C=N\Nc2nc3ccccc3n2C)c(C)n1-c1ccc(I)cc1. The fraction of sp³-hybridized carbons (Fsp3) is 0.143. The maximum atomic E-state index is 4.58. The van der Waals surface area contributed by atoms with Gasteiger partial charge in [-0.1, -0.05) is 12.1 Å². The summed E-state index contributed by atoms with van der Waals surface area (Å²) in [5.41, 5.74) is 9.67. The number of rotatable bonds is 4. The fourth-order valence-corrected chi connectivity index (χ4v) is 3.67. The number of aryl methyl sites for hydroxylation is 2. The van der Waals surface area contributed by atoms with Gasteiger partial charge in [0.05, 0.1) is 17.2 Å². The van der Waals surface area contributed by atoms with Crippen LogP contribution in [0, 0.1) is 17.4 Å². The van der Waals surface area contributed by atoms with Gasteiger partial charge in [-0.3, -0.25) is 0 Å². The summed E-state index contributed by atoms with van der Waals surface area (Å²) < 4.78 is 5.47. The van der Waals surface area contributed by atoms with E-state index in [1.54, 1.807) is 0 Å². The molecular weight excluding hydrogens is 449 g/mol. The molecular formula is C21H20IN5. The molecule has 0 saturated heterocycles. The fourth-order valence-electron chi connectivity index (χ4n) is 3.31. The minimum Gasteiger partial charge on any atom is -0.318 e. The average molecular weight is 469 g/mol. The molecule has 2 heterocycles. The summed E-state index contributed by atoms with van der Waals surface area (Å²) in [5.74, 6) is 0.721. The van der Waals surface area contributed by atoms with Crippen LogP contribution < -0.4 is 5.43 Å². The van der Waals surface area contributed by atoms with Crippen molar-refractivity contribution in [2.75, 3.05) is 5.43 Å². The van der Waals surface area contributed by atoms with E-state index in [4.69, 9.17) is 0 Å². The zero-order valence-electron chi connectivity index (χ0n) is 15.4. The second-order valence-electron chi connectivity index (χ2n) is 6.49. The van der Waals surface area contributed by atoms with Gasteiger partial charge in [-0.15, -0.1) is 0 Å². The first-order valence-electron chi connectivity index (χ1n) is 8.70. The van der Waals surface area contributed by atoms with Gasteiger partial charge in [0.1, 0.15) is 0 Å². The Balaban J connectivity index is 1.60. The zero-order chi connectivity index (χ0) is 19.0. The highest BCUT2D eigenvalue weighted by Gasteiger charge is 2.10. The molecule has 0 aliphatic carbocycles. The van der Waals surface area contributed by atoms with E-state index in [2.05, 4.69) is 86.8 Å². The van der Waals surface area contributed by atoms with Gasteiger partial charge < -0.3 is 9.13 Å². The summed E-state index contributed by atoms with van der Waals surface area (Å²) in [6.45, 7) is 4.22. The lowest BCUT2D eigenvalue weighted by molar-refractivity contribution is 0.943. The Kier molecular flexibility index (Phi) is 4.73. The minimum atomic E-state index is 0.721. The van der Waals surface area contributed by atoms with Crippen LogP contribution >= 0.6 is 22.6 Å². The Morgan fingerprint density at radius 3 is 2.56 bits per heavy atom. The van der Waals surface area contributed by atoms with E-state index in [0.29, 0.717) is 0 Å². The number of imidazole rings is 1. The van der Waals surface area contributed by atoms with Gasteiger partial charge in [-0.25, -0.2) is 10.4 Å². The van der Waals surface area contributed by atoms with Crippen LogP contribution in [0.2, 0.25) is 0 Å². The Bertz CT molecular complexity index is 1140. The molecule has 0 unspecified atom stereocenters. The molecule has 0 bridgehead atoms. The molecule has 0 fully saturated rings. The molecule has 4 aromatic rings. The number of aromatic nitrogens is 3. The van der Waals surface area contributed by atoms with Crippen molar-refractivity contribution in [2.24, 2.45) is 12.1 Å². The molecule has 6 heteroatoms. The molecule has 27 heavy (non-hydrogen) atoms. The lowest BCUT2D eigenvalue weighted by Crippen LogP contribution is -2.01. The lowest BCUT2D eigenvalue weighted by Gasteiger charge is -2.09. The second-order valence-corrected chi connectivity index (χ2v) is 7.74. The van der Waals surface area contributed by atoms with E-state index in [9.17, 15) is 0 Å². The van der Waals surface area contributed by atoms with Gasteiger partial charge in [0.15, 0.2) is 0 Å². The number of hydrogen-bond acceptors (Lipinski definition) is 3. The van der Waals surface area contributed by atoms with Crippen LogP contribution in [-0.4, -0.2) is 20.3 Å². The molecule has 0 amide bonds. The molecule has 136 valence electrons. The third-order valence-electron chi connectivity index (χ3n) is 4.71. The number of nitrogens with one attached hydrogen (secondary N) is 1. The number of hydrogen-bond donors (Lipinski definition) is 1. The summed E-state index contributed by atoms with van der Waals surface area (Å²) in [4.78, 5) is 4.58. The maximum absolute atomic E-state index is 4.58. The molecule has 4 rings (SSSR count). The highest BCUT2D eigenvalue weighted by atomic mass is 127. The minimum absolute atomic E-state index is 0.721. The summed E-state index contributed by atoms with van der Waals surface area (Å²) in [5, 5.41) is 4.42. The first-order chi connectivity index (χ1) is 13.0. The standard InChI is InChI=1S/C21H20IN5/c1-14-12-16(15(2)27(14)18-10-8-17(22)9-11-18)13-23-25-21-24-19-6-4-5-7-20(19)26(21)3/h4-13H,1-3H3,(H,24,25)/b23-13-. The predicted molar refractivity (Wildman–Crippen MR) is 120 cm³/mol. The Morgan fingerprint density at radius 2 is 1.81 bits per heavy atom. The number of benzene rings is 2. The number of hydrazone groups is 1. The van der Waals surface area contributed by atoms with E-state index in [0.717, 1.165) is 33.9 Å². The van der Waals surface area contributed by atoms with Crippen molar-refractivity contribution in [1.82, 2.24) is 14.1 Å². The third-order valence-corrected chi connectivity index (χ3v) is 5.43. The van der Waals surface area contributed by atoms with Gasteiger partial charge in [0.25, 0.3) is 0 Å². The predicted octanol–water partition coefficient (Wildman–Crippen LogP) is 5.03. The molecule has 2 aromatic heterocycles. The van der Waals surface area contributed by atoms with E-state index in [-0.39, 0.29) is 0 Å². The van der Waals surface area contributed by atoms with Crippen molar-refractivity contribution in [3.8, 4) is 5.69 Å². The van der Waals surface area contributed by atoms with Gasteiger partial charge in [0.2, 0.25) is 5.95 Å². The van der Waals surface area contributed by atoms with Gasteiger partial charge in [-0.2, -0.15) is 5.10 Å². The monoisotopic (exact) mass is 469 g/mol. The normalized spacial score (nSPS) is 11.6. The summed E-state index contributed by atoms with van der Waals surface area (Å²) >= 11 is 2.32. The van der Waals surface area contributed by atoms with Crippen molar-refractivity contribution in [1.29, 1.82) is 0 Å². The largest absolute Gasteiger partial charge is 0.318 e. The van der Waals surface area contributed by atoms with Crippen LogP contribution in [0.25, 0.3) is 16.7 Å². The smallest absolute Gasteiger partial charge is 0.224 e. The number of fused-ring (bicyclic) bond motifs is 1. The van der Waals surface area contributed by atoms with Crippen LogP contribution in [0.1, 0.15) is 17.0 Å².